The van der Waals surface area contributed by atoms with Gasteiger partial charge in [0.2, 0.25) is 0 Å². The highest BCUT2D eigenvalue weighted by molar-refractivity contribution is 14.1. The molecule has 0 unspecified atom stereocenters. The fourth-order valence-corrected chi connectivity index (χ4v) is 1.69. The molecule has 0 atom stereocenters. The van der Waals surface area contributed by atoms with E-state index in [2.05, 4.69) is 32.7 Å². The number of aromatic carboxylic acids is 1. The third-order valence-corrected chi connectivity index (χ3v) is 2.57. The van der Waals surface area contributed by atoms with Crippen molar-refractivity contribution in [1.29, 1.82) is 0 Å². The fourth-order valence-electron chi connectivity index (χ4n) is 1.30. The van der Waals surface area contributed by atoms with E-state index in [-0.39, 0.29) is 5.56 Å². The second-order valence-electron chi connectivity index (χ2n) is 3.23. The molecule has 16 heavy (non-hydrogen) atoms. The minimum absolute atomic E-state index is 0.144. The molecular weight excluding hydrogens is 321 g/mol. The van der Waals surface area contributed by atoms with E-state index in [0.717, 1.165) is 9.26 Å². The topological polar surface area (TPSA) is 68.0 Å². The summed E-state index contributed by atoms with van der Waals surface area (Å²) in [6.07, 6.45) is 3.38. The monoisotopic (exact) mass is 329 g/mol. The molecule has 82 valence electrons. The lowest BCUT2D eigenvalue weighted by Crippen LogP contribution is -2.08. The molecule has 0 aliphatic rings. The van der Waals surface area contributed by atoms with E-state index in [1.54, 1.807) is 18.5 Å². The van der Waals surface area contributed by atoms with Crippen LogP contribution in [0.25, 0.3) is 5.82 Å². The summed E-state index contributed by atoms with van der Waals surface area (Å²) in [6.45, 7) is 1.81. The lowest BCUT2D eigenvalue weighted by Gasteiger charge is -2.05. The fraction of sp³-hybridized carbons (Fsp3) is 0.100. The maximum absolute atomic E-state index is 11.0. The van der Waals surface area contributed by atoms with Gasteiger partial charge in [0.05, 0.1) is 9.77 Å². The Balaban J connectivity index is 2.62. The SMILES string of the molecule is Cc1ccc(C(=O)O)c(-n2cc(I)cn2)n1. The minimum Gasteiger partial charge on any atom is -0.478 e. The smallest absolute Gasteiger partial charge is 0.339 e. The maximum atomic E-state index is 11.0. The lowest BCUT2D eigenvalue weighted by atomic mass is 10.2. The summed E-state index contributed by atoms with van der Waals surface area (Å²) in [6, 6.07) is 3.20. The van der Waals surface area contributed by atoms with Crippen LogP contribution in [0.1, 0.15) is 16.1 Å². The minimum atomic E-state index is -1.01. The molecule has 6 heteroatoms. The third-order valence-electron chi connectivity index (χ3n) is 2.01. The van der Waals surface area contributed by atoms with Crippen LogP contribution in [0.3, 0.4) is 0 Å². The molecule has 2 rings (SSSR count). The van der Waals surface area contributed by atoms with Crippen LogP contribution in [0.2, 0.25) is 0 Å². The number of halogens is 1. The van der Waals surface area contributed by atoms with Gasteiger partial charge in [0, 0.05) is 11.9 Å². The molecule has 1 N–H and O–H groups in total. The van der Waals surface area contributed by atoms with Crippen LogP contribution < -0.4 is 0 Å². The van der Waals surface area contributed by atoms with Gasteiger partial charge in [-0.25, -0.2) is 14.5 Å². The molecule has 0 saturated carbocycles. The normalized spacial score (nSPS) is 10.4. The van der Waals surface area contributed by atoms with Crippen molar-refractivity contribution in [2.75, 3.05) is 0 Å². The van der Waals surface area contributed by atoms with Crippen LogP contribution in [0.5, 0.6) is 0 Å². The Labute approximate surface area is 105 Å². The molecule has 0 amide bonds. The Morgan fingerprint density at radius 2 is 2.25 bits per heavy atom. The first-order chi connectivity index (χ1) is 7.58. The zero-order valence-electron chi connectivity index (χ0n) is 8.38. The van der Waals surface area contributed by atoms with Gasteiger partial charge in [0.15, 0.2) is 5.82 Å². The standard InChI is InChI=1S/C10H8IN3O2/c1-6-2-3-8(10(15)16)9(13-6)14-5-7(11)4-12-14/h2-5H,1H3,(H,15,16). The summed E-state index contributed by atoms with van der Waals surface area (Å²) in [7, 11) is 0. The molecular formula is C10H8IN3O2. The van der Waals surface area contributed by atoms with E-state index in [9.17, 15) is 4.79 Å². The van der Waals surface area contributed by atoms with E-state index in [1.165, 1.54) is 10.7 Å². The Kier molecular flexibility index (Phi) is 2.90. The number of pyridine rings is 1. The van der Waals surface area contributed by atoms with Crippen molar-refractivity contribution in [2.45, 2.75) is 6.92 Å². The average molecular weight is 329 g/mol. The second kappa shape index (κ2) is 4.20. The predicted octanol–water partition coefficient (Wildman–Crippen LogP) is 1.88. The number of carbonyl (C=O) groups is 1. The van der Waals surface area contributed by atoms with Crippen LogP contribution in [0, 0.1) is 10.5 Å². The van der Waals surface area contributed by atoms with Crippen LogP contribution in [-0.4, -0.2) is 25.8 Å². The molecule has 0 spiro atoms. The number of aryl methyl sites for hydroxylation is 1. The van der Waals surface area contributed by atoms with E-state index >= 15 is 0 Å². The van der Waals surface area contributed by atoms with Gasteiger partial charge in [0.1, 0.15) is 5.56 Å². The molecule has 2 aromatic heterocycles. The Morgan fingerprint density at radius 3 is 2.81 bits per heavy atom. The molecule has 5 nitrogen and oxygen atoms in total. The summed E-state index contributed by atoms with van der Waals surface area (Å²) in [5, 5.41) is 13.1. The first kappa shape index (κ1) is 11.1. The summed E-state index contributed by atoms with van der Waals surface area (Å²) in [5.74, 6) is -0.663. The highest BCUT2D eigenvalue weighted by Gasteiger charge is 2.13. The van der Waals surface area contributed by atoms with Crippen molar-refractivity contribution in [2.24, 2.45) is 0 Å². The third kappa shape index (κ3) is 2.06. The van der Waals surface area contributed by atoms with Crippen molar-refractivity contribution >= 4 is 28.6 Å². The van der Waals surface area contributed by atoms with Gasteiger partial charge in [-0.2, -0.15) is 5.10 Å². The zero-order chi connectivity index (χ0) is 11.7. The largest absolute Gasteiger partial charge is 0.478 e. The lowest BCUT2D eigenvalue weighted by molar-refractivity contribution is 0.0696. The van der Waals surface area contributed by atoms with Crippen molar-refractivity contribution in [1.82, 2.24) is 14.8 Å². The van der Waals surface area contributed by atoms with Gasteiger partial charge in [-0.1, -0.05) is 0 Å². The molecule has 0 fully saturated rings. The van der Waals surface area contributed by atoms with Gasteiger partial charge in [-0.3, -0.25) is 0 Å². The van der Waals surface area contributed by atoms with Gasteiger partial charge in [-0.05, 0) is 41.6 Å². The number of nitrogens with zero attached hydrogens (tertiary/aromatic N) is 3. The predicted molar refractivity (Wildman–Crippen MR) is 65.8 cm³/mol. The molecule has 0 radical (unpaired) electrons. The molecule has 0 aromatic carbocycles. The second-order valence-corrected chi connectivity index (χ2v) is 4.48. The van der Waals surface area contributed by atoms with Gasteiger partial charge >= 0.3 is 5.97 Å². The molecule has 0 bridgehead atoms. The van der Waals surface area contributed by atoms with Gasteiger partial charge in [0.25, 0.3) is 0 Å². The summed E-state index contributed by atoms with van der Waals surface area (Å²) < 4.78 is 2.40. The molecule has 0 saturated heterocycles. The molecule has 0 aliphatic heterocycles. The first-order valence-corrected chi connectivity index (χ1v) is 5.57. The maximum Gasteiger partial charge on any atom is 0.339 e. The van der Waals surface area contributed by atoms with E-state index in [0.29, 0.717) is 5.82 Å². The van der Waals surface area contributed by atoms with E-state index < -0.39 is 5.97 Å². The van der Waals surface area contributed by atoms with Crippen LogP contribution in [-0.2, 0) is 0 Å². The van der Waals surface area contributed by atoms with Gasteiger partial charge < -0.3 is 5.11 Å². The van der Waals surface area contributed by atoms with Crippen LogP contribution in [0.15, 0.2) is 24.5 Å². The Bertz CT molecular complexity index is 551. The van der Waals surface area contributed by atoms with Crippen LogP contribution >= 0.6 is 22.6 Å². The highest BCUT2D eigenvalue weighted by Crippen LogP contribution is 2.14. The molecule has 0 aliphatic carbocycles. The summed E-state index contributed by atoms with van der Waals surface area (Å²) >= 11 is 2.11. The number of aromatic nitrogens is 3. The number of carboxylic acids is 1. The molecule has 2 heterocycles. The van der Waals surface area contributed by atoms with Crippen molar-refractivity contribution in [3.05, 3.63) is 39.4 Å². The van der Waals surface area contributed by atoms with Gasteiger partial charge in [-0.15, -0.1) is 0 Å². The van der Waals surface area contributed by atoms with E-state index in [4.69, 9.17) is 5.11 Å². The van der Waals surface area contributed by atoms with Crippen LogP contribution in [0.4, 0.5) is 0 Å². The number of carboxylic acid groups (broad SMARTS) is 1. The van der Waals surface area contributed by atoms with Crippen molar-refractivity contribution in [3.63, 3.8) is 0 Å². The number of hydrogen-bond donors (Lipinski definition) is 1. The summed E-state index contributed by atoms with van der Waals surface area (Å²) in [4.78, 5) is 15.2. The zero-order valence-corrected chi connectivity index (χ0v) is 10.5. The quantitative estimate of drug-likeness (QED) is 0.855. The first-order valence-electron chi connectivity index (χ1n) is 4.49. The van der Waals surface area contributed by atoms with Crippen molar-refractivity contribution in [3.8, 4) is 5.82 Å². The number of hydrogen-bond acceptors (Lipinski definition) is 3. The Hall–Kier alpha value is -1.44. The summed E-state index contributed by atoms with van der Waals surface area (Å²) in [5.41, 5.74) is 0.899. The van der Waals surface area contributed by atoms with E-state index in [1.807, 2.05) is 6.92 Å². The Morgan fingerprint density at radius 1 is 1.50 bits per heavy atom. The highest BCUT2D eigenvalue weighted by atomic mass is 127. The van der Waals surface area contributed by atoms with Crippen molar-refractivity contribution < 1.29 is 9.90 Å². The number of rotatable bonds is 2. The molecule has 2 aromatic rings. The average Bonchev–Trinajstić information content (AvgIpc) is 2.64.